The number of thioether (sulfide) groups is 2. The lowest BCUT2D eigenvalue weighted by Crippen LogP contribution is -2.24. The Bertz CT molecular complexity index is 131. The van der Waals surface area contributed by atoms with Crippen LogP contribution < -0.4 is 0 Å². The van der Waals surface area contributed by atoms with Crippen LogP contribution in [-0.4, -0.2) is 46.2 Å². The molecule has 0 heterocycles. The summed E-state index contributed by atoms with van der Waals surface area (Å²) >= 11 is 3.42. The molecule has 0 fully saturated rings. The Morgan fingerprint density at radius 1 is 1.42 bits per heavy atom. The second kappa shape index (κ2) is 7.76. The fourth-order valence-electron chi connectivity index (χ4n) is 0.515. The molecule has 0 aromatic carbocycles. The van der Waals surface area contributed by atoms with Gasteiger partial charge < -0.3 is 0 Å². The first-order valence-corrected chi connectivity index (χ1v) is 6.10. The normalized spacial score (nSPS) is 9.92. The number of carbonyl (C=O) groups is 1. The summed E-state index contributed by atoms with van der Waals surface area (Å²) in [6, 6.07) is 0. The molecule has 12 heavy (non-hydrogen) atoms. The maximum Gasteiger partial charge on any atom is 0.255 e. The smallest absolute Gasteiger partial charge is 0.255 e. The molecule has 0 aliphatic carbocycles. The fraction of sp³-hybridized carbons (Fsp3) is 0.857. The first kappa shape index (κ1) is 12.1. The van der Waals surface area contributed by atoms with Gasteiger partial charge in [-0.05, 0) is 5.75 Å². The SMILES string of the molecule is CCSCCSCC(=O)N(C)O. The number of hydrogen-bond acceptors (Lipinski definition) is 4. The van der Waals surface area contributed by atoms with Gasteiger partial charge in [0.15, 0.2) is 0 Å². The molecule has 0 aromatic heterocycles. The second-order valence-corrected chi connectivity index (χ2v) is 4.67. The monoisotopic (exact) mass is 209 g/mol. The Kier molecular flexibility index (Phi) is 7.85. The first-order valence-electron chi connectivity index (χ1n) is 3.79. The molecule has 5 heteroatoms. The molecule has 0 rings (SSSR count). The molecule has 0 spiro atoms. The minimum Gasteiger partial charge on any atom is -0.286 e. The van der Waals surface area contributed by atoms with Crippen molar-refractivity contribution in [3.8, 4) is 0 Å². The van der Waals surface area contributed by atoms with Crippen molar-refractivity contribution in [1.82, 2.24) is 5.06 Å². The van der Waals surface area contributed by atoms with Crippen molar-refractivity contribution in [3.05, 3.63) is 0 Å². The van der Waals surface area contributed by atoms with Crippen LogP contribution in [0.25, 0.3) is 0 Å². The molecule has 0 bridgehead atoms. The standard InChI is InChI=1S/C7H15NO2S2/c1-3-11-4-5-12-6-7(9)8(2)10/h10H,3-6H2,1-2H3. The summed E-state index contributed by atoms with van der Waals surface area (Å²) in [6.07, 6.45) is 0. The molecule has 0 aliphatic heterocycles. The zero-order valence-corrected chi connectivity index (χ0v) is 9.08. The molecule has 1 N–H and O–H groups in total. The van der Waals surface area contributed by atoms with Crippen molar-refractivity contribution in [2.24, 2.45) is 0 Å². The summed E-state index contributed by atoms with van der Waals surface area (Å²) in [5, 5.41) is 9.33. The van der Waals surface area contributed by atoms with Gasteiger partial charge in [0, 0.05) is 18.6 Å². The van der Waals surface area contributed by atoms with Gasteiger partial charge in [-0.3, -0.25) is 10.0 Å². The van der Waals surface area contributed by atoms with Crippen molar-refractivity contribution < 1.29 is 10.0 Å². The van der Waals surface area contributed by atoms with Crippen LogP contribution in [0.4, 0.5) is 0 Å². The predicted octanol–water partition coefficient (Wildman–Crippen LogP) is 1.32. The second-order valence-electron chi connectivity index (χ2n) is 2.17. The van der Waals surface area contributed by atoms with E-state index in [2.05, 4.69) is 6.92 Å². The van der Waals surface area contributed by atoms with Crippen LogP contribution in [0.1, 0.15) is 6.92 Å². The quantitative estimate of drug-likeness (QED) is 0.407. The average molecular weight is 209 g/mol. The van der Waals surface area contributed by atoms with E-state index < -0.39 is 0 Å². The molecule has 0 atom stereocenters. The number of hydrogen-bond donors (Lipinski definition) is 1. The van der Waals surface area contributed by atoms with E-state index in [0.717, 1.165) is 17.3 Å². The van der Waals surface area contributed by atoms with Crippen molar-refractivity contribution in [3.63, 3.8) is 0 Å². The largest absolute Gasteiger partial charge is 0.286 e. The van der Waals surface area contributed by atoms with Gasteiger partial charge in [0.1, 0.15) is 0 Å². The van der Waals surface area contributed by atoms with Gasteiger partial charge in [0.25, 0.3) is 5.91 Å². The number of amides is 1. The molecular weight excluding hydrogens is 194 g/mol. The lowest BCUT2D eigenvalue weighted by molar-refractivity contribution is -0.155. The Morgan fingerprint density at radius 3 is 2.50 bits per heavy atom. The van der Waals surface area contributed by atoms with Gasteiger partial charge >= 0.3 is 0 Å². The Hall–Kier alpha value is 0.130. The summed E-state index contributed by atoms with van der Waals surface area (Å²) < 4.78 is 0. The van der Waals surface area contributed by atoms with E-state index in [-0.39, 0.29) is 5.91 Å². The van der Waals surface area contributed by atoms with E-state index in [1.54, 1.807) is 11.8 Å². The molecule has 3 nitrogen and oxygen atoms in total. The highest BCUT2D eigenvalue weighted by atomic mass is 32.2. The number of carbonyl (C=O) groups excluding carboxylic acids is 1. The van der Waals surface area contributed by atoms with Crippen molar-refractivity contribution in [2.75, 3.05) is 30.1 Å². The molecule has 0 saturated carbocycles. The summed E-state index contributed by atoms with van der Waals surface area (Å²) in [4.78, 5) is 10.8. The van der Waals surface area contributed by atoms with Gasteiger partial charge in [0.05, 0.1) is 5.75 Å². The van der Waals surface area contributed by atoms with Gasteiger partial charge in [-0.15, -0.1) is 0 Å². The van der Waals surface area contributed by atoms with Crippen LogP contribution in [0.2, 0.25) is 0 Å². The van der Waals surface area contributed by atoms with Gasteiger partial charge in [-0.2, -0.15) is 23.5 Å². The minimum absolute atomic E-state index is 0.235. The average Bonchev–Trinajstić information content (AvgIpc) is 2.03. The topological polar surface area (TPSA) is 40.5 Å². The summed E-state index contributed by atoms with van der Waals surface area (Å²) in [6.45, 7) is 2.11. The van der Waals surface area contributed by atoms with Crippen LogP contribution in [0.3, 0.4) is 0 Å². The number of hydroxylamine groups is 2. The van der Waals surface area contributed by atoms with E-state index in [1.165, 1.54) is 7.05 Å². The third-order valence-electron chi connectivity index (χ3n) is 1.16. The Labute approximate surface area is 81.8 Å². The van der Waals surface area contributed by atoms with Crippen LogP contribution >= 0.6 is 23.5 Å². The zero-order valence-electron chi connectivity index (χ0n) is 7.45. The Balaban J connectivity index is 3.14. The molecule has 0 radical (unpaired) electrons. The predicted molar refractivity (Wildman–Crippen MR) is 54.9 cm³/mol. The summed E-state index contributed by atoms with van der Waals surface area (Å²) in [5.41, 5.74) is 0. The molecular formula is C7H15NO2S2. The van der Waals surface area contributed by atoms with E-state index in [0.29, 0.717) is 10.8 Å². The lowest BCUT2D eigenvalue weighted by Gasteiger charge is -2.06. The maximum absolute atomic E-state index is 10.8. The fourth-order valence-corrected chi connectivity index (χ4v) is 2.25. The summed E-state index contributed by atoms with van der Waals surface area (Å²) in [5.74, 6) is 3.30. The minimum atomic E-state index is -0.235. The van der Waals surface area contributed by atoms with E-state index in [4.69, 9.17) is 5.21 Å². The highest BCUT2D eigenvalue weighted by Gasteiger charge is 2.04. The highest BCUT2D eigenvalue weighted by Crippen LogP contribution is 2.06. The van der Waals surface area contributed by atoms with Crippen molar-refractivity contribution in [1.29, 1.82) is 0 Å². The van der Waals surface area contributed by atoms with E-state index in [1.807, 2.05) is 11.8 Å². The number of rotatable bonds is 6. The maximum atomic E-state index is 10.8. The molecule has 0 saturated heterocycles. The first-order chi connectivity index (χ1) is 5.68. The van der Waals surface area contributed by atoms with Crippen LogP contribution in [0.5, 0.6) is 0 Å². The molecule has 72 valence electrons. The molecule has 0 unspecified atom stereocenters. The zero-order chi connectivity index (χ0) is 9.40. The van der Waals surface area contributed by atoms with Crippen molar-refractivity contribution in [2.45, 2.75) is 6.92 Å². The lowest BCUT2D eigenvalue weighted by atomic mass is 10.7. The molecule has 1 amide bonds. The third kappa shape index (κ3) is 6.82. The molecule has 0 aromatic rings. The van der Waals surface area contributed by atoms with Gasteiger partial charge in [0.2, 0.25) is 0 Å². The molecule has 0 aliphatic rings. The van der Waals surface area contributed by atoms with Crippen LogP contribution in [0, 0.1) is 0 Å². The van der Waals surface area contributed by atoms with E-state index in [9.17, 15) is 4.79 Å². The van der Waals surface area contributed by atoms with Crippen molar-refractivity contribution >= 4 is 29.4 Å². The third-order valence-corrected chi connectivity index (χ3v) is 3.27. The van der Waals surface area contributed by atoms with Crippen LogP contribution in [-0.2, 0) is 4.79 Å². The van der Waals surface area contributed by atoms with Gasteiger partial charge in [-0.25, -0.2) is 5.06 Å². The number of nitrogens with zero attached hydrogens (tertiary/aromatic N) is 1. The highest BCUT2D eigenvalue weighted by molar-refractivity contribution is 8.03. The Morgan fingerprint density at radius 2 is 2.00 bits per heavy atom. The van der Waals surface area contributed by atoms with Crippen LogP contribution in [0.15, 0.2) is 0 Å². The van der Waals surface area contributed by atoms with Gasteiger partial charge in [-0.1, -0.05) is 6.92 Å². The van der Waals surface area contributed by atoms with E-state index >= 15 is 0 Å². The summed E-state index contributed by atoms with van der Waals surface area (Å²) in [7, 11) is 1.35.